The Morgan fingerprint density at radius 2 is 1.92 bits per heavy atom. The summed E-state index contributed by atoms with van der Waals surface area (Å²) in [5.41, 5.74) is 2.68. The van der Waals surface area contributed by atoms with Crippen molar-refractivity contribution in [1.29, 1.82) is 0 Å². The van der Waals surface area contributed by atoms with Gasteiger partial charge in [-0.25, -0.2) is 0 Å². The molecule has 0 N–H and O–H groups in total. The highest BCUT2D eigenvalue weighted by Gasteiger charge is 2.17. The zero-order valence-electron chi connectivity index (χ0n) is 14.1. The van der Waals surface area contributed by atoms with Gasteiger partial charge in [-0.05, 0) is 42.0 Å². The summed E-state index contributed by atoms with van der Waals surface area (Å²) in [5, 5.41) is 0.976. The number of ether oxygens (including phenoxy) is 4. The van der Waals surface area contributed by atoms with Gasteiger partial charge in [-0.3, -0.25) is 0 Å². The van der Waals surface area contributed by atoms with E-state index >= 15 is 0 Å². The molecule has 0 saturated carbocycles. The van der Waals surface area contributed by atoms with E-state index in [1.165, 1.54) is 0 Å². The van der Waals surface area contributed by atoms with Crippen LogP contribution in [0.5, 0.6) is 17.2 Å². The van der Waals surface area contributed by atoms with Crippen LogP contribution in [0.25, 0.3) is 28.4 Å². The molecule has 2 aromatic carbocycles. The summed E-state index contributed by atoms with van der Waals surface area (Å²) in [6.45, 7) is 0.818. The lowest BCUT2D eigenvalue weighted by Crippen LogP contribution is -1.92. The zero-order chi connectivity index (χ0) is 17.2. The summed E-state index contributed by atoms with van der Waals surface area (Å²) in [5.74, 6) is 2.93. The smallest absolute Gasteiger partial charge is 0.231 e. The number of hydrogen-bond acceptors (Lipinski definition) is 5. The monoisotopic (exact) mass is 338 g/mol. The number of rotatable bonds is 5. The summed E-state index contributed by atoms with van der Waals surface area (Å²) in [6.07, 6.45) is 3.96. The van der Waals surface area contributed by atoms with Crippen molar-refractivity contribution in [3.05, 3.63) is 48.0 Å². The van der Waals surface area contributed by atoms with E-state index in [9.17, 15) is 0 Å². The van der Waals surface area contributed by atoms with Crippen LogP contribution in [0, 0.1) is 0 Å². The minimum absolute atomic E-state index is 0.254. The maximum absolute atomic E-state index is 6.05. The predicted octanol–water partition coefficient (Wildman–Crippen LogP) is 4.50. The number of fused-ring (bicyclic) bond motifs is 2. The molecule has 0 spiro atoms. The van der Waals surface area contributed by atoms with Crippen LogP contribution in [0.1, 0.15) is 5.56 Å². The largest absolute Gasteiger partial charge is 0.493 e. The first-order valence-electron chi connectivity index (χ1n) is 7.95. The van der Waals surface area contributed by atoms with Gasteiger partial charge in [0.2, 0.25) is 6.79 Å². The highest BCUT2D eigenvalue weighted by atomic mass is 16.7. The molecular weight excluding hydrogens is 320 g/mol. The molecule has 5 heteroatoms. The maximum atomic E-state index is 6.05. The molecule has 1 aliphatic heterocycles. The Morgan fingerprint density at radius 1 is 1.04 bits per heavy atom. The Bertz CT molecular complexity index is 939. The van der Waals surface area contributed by atoms with Gasteiger partial charge >= 0.3 is 0 Å². The van der Waals surface area contributed by atoms with Gasteiger partial charge in [0.1, 0.15) is 5.76 Å². The zero-order valence-corrected chi connectivity index (χ0v) is 14.1. The second-order valence-electron chi connectivity index (χ2n) is 5.68. The van der Waals surface area contributed by atoms with Gasteiger partial charge in [-0.1, -0.05) is 12.2 Å². The first-order valence-corrected chi connectivity index (χ1v) is 7.95. The molecule has 1 aliphatic rings. The fourth-order valence-corrected chi connectivity index (χ4v) is 2.86. The van der Waals surface area contributed by atoms with Gasteiger partial charge < -0.3 is 23.4 Å². The summed E-state index contributed by atoms with van der Waals surface area (Å²) in [6, 6.07) is 11.8. The highest BCUT2D eigenvalue weighted by Crippen LogP contribution is 2.39. The minimum atomic E-state index is 0.254. The molecule has 2 heterocycles. The minimum Gasteiger partial charge on any atom is -0.493 e. The maximum Gasteiger partial charge on any atom is 0.231 e. The Labute approximate surface area is 145 Å². The molecule has 0 amide bonds. The normalized spacial score (nSPS) is 13.0. The lowest BCUT2D eigenvalue weighted by Gasteiger charge is -2.03. The van der Waals surface area contributed by atoms with E-state index in [-0.39, 0.29) is 6.79 Å². The van der Waals surface area contributed by atoms with Crippen molar-refractivity contribution in [3.8, 4) is 28.6 Å². The summed E-state index contributed by atoms with van der Waals surface area (Å²) < 4.78 is 27.4. The molecule has 128 valence electrons. The molecule has 0 atom stereocenters. The van der Waals surface area contributed by atoms with Crippen LogP contribution in [0.4, 0.5) is 0 Å². The van der Waals surface area contributed by atoms with Gasteiger partial charge in [-0.15, -0.1) is 0 Å². The summed E-state index contributed by atoms with van der Waals surface area (Å²) in [7, 11) is 3.31. The highest BCUT2D eigenvalue weighted by molar-refractivity contribution is 5.89. The Hall–Kier alpha value is -2.92. The fourth-order valence-electron chi connectivity index (χ4n) is 2.86. The lowest BCUT2D eigenvalue weighted by atomic mass is 10.1. The van der Waals surface area contributed by atoms with Crippen molar-refractivity contribution in [1.82, 2.24) is 0 Å². The van der Waals surface area contributed by atoms with Crippen molar-refractivity contribution in [2.24, 2.45) is 0 Å². The molecule has 4 rings (SSSR count). The van der Waals surface area contributed by atoms with Gasteiger partial charge in [0.15, 0.2) is 22.8 Å². The van der Waals surface area contributed by atoms with Gasteiger partial charge in [-0.2, -0.15) is 0 Å². The molecular formula is C20H18O5. The SMILES string of the molecule is COC/C=C/c1cc(OC)c2oc(-c3ccc4c(c3)OCO4)cc2c1. The Kier molecular flexibility index (Phi) is 4.07. The standard InChI is InChI=1S/C20H18O5/c1-21-7-3-4-13-8-15-11-17(25-20(15)19(9-13)22-2)14-5-6-16-18(10-14)24-12-23-16/h3-6,8-11H,7,12H2,1-2H3/b4-3+. The molecule has 0 fully saturated rings. The second-order valence-corrected chi connectivity index (χ2v) is 5.68. The summed E-state index contributed by atoms with van der Waals surface area (Å²) in [4.78, 5) is 0. The molecule has 0 radical (unpaired) electrons. The van der Waals surface area contributed by atoms with Crippen LogP contribution in [-0.2, 0) is 4.74 Å². The molecule has 3 aromatic rings. The molecule has 0 saturated heterocycles. The van der Waals surface area contributed by atoms with Crippen molar-refractivity contribution in [2.75, 3.05) is 27.6 Å². The van der Waals surface area contributed by atoms with Crippen molar-refractivity contribution < 1.29 is 23.4 Å². The number of furan rings is 1. The van der Waals surface area contributed by atoms with Crippen LogP contribution in [0.3, 0.4) is 0 Å². The fraction of sp³-hybridized carbons (Fsp3) is 0.200. The van der Waals surface area contributed by atoms with E-state index in [1.807, 2.05) is 42.5 Å². The van der Waals surface area contributed by atoms with Crippen molar-refractivity contribution in [2.45, 2.75) is 0 Å². The third-order valence-corrected chi connectivity index (χ3v) is 4.05. The molecule has 0 bridgehead atoms. The molecule has 5 nitrogen and oxygen atoms in total. The molecule has 25 heavy (non-hydrogen) atoms. The van der Waals surface area contributed by atoms with E-state index in [0.717, 1.165) is 39.4 Å². The van der Waals surface area contributed by atoms with E-state index < -0.39 is 0 Å². The van der Waals surface area contributed by atoms with Crippen LogP contribution in [0.15, 0.2) is 46.9 Å². The van der Waals surface area contributed by atoms with Gasteiger partial charge in [0, 0.05) is 18.1 Å². The van der Waals surface area contributed by atoms with Crippen LogP contribution >= 0.6 is 0 Å². The van der Waals surface area contributed by atoms with Crippen molar-refractivity contribution >= 4 is 17.0 Å². The van der Waals surface area contributed by atoms with E-state index in [4.69, 9.17) is 23.4 Å². The summed E-state index contributed by atoms with van der Waals surface area (Å²) >= 11 is 0. The van der Waals surface area contributed by atoms with Gasteiger partial charge in [0.25, 0.3) is 0 Å². The number of methoxy groups -OCH3 is 2. The number of benzene rings is 2. The second kappa shape index (κ2) is 6.53. The third kappa shape index (κ3) is 2.94. The average molecular weight is 338 g/mol. The topological polar surface area (TPSA) is 50.1 Å². The average Bonchev–Trinajstić information content (AvgIpc) is 3.27. The molecule has 0 aliphatic carbocycles. The van der Waals surface area contributed by atoms with Crippen LogP contribution in [0.2, 0.25) is 0 Å². The van der Waals surface area contributed by atoms with E-state index in [2.05, 4.69) is 6.07 Å². The Morgan fingerprint density at radius 3 is 2.76 bits per heavy atom. The lowest BCUT2D eigenvalue weighted by molar-refractivity contribution is 0.174. The molecule has 0 unspecified atom stereocenters. The van der Waals surface area contributed by atoms with Gasteiger partial charge in [0.05, 0.1) is 13.7 Å². The predicted molar refractivity (Wildman–Crippen MR) is 95.2 cm³/mol. The third-order valence-electron chi connectivity index (χ3n) is 4.05. The van der Waals surface area contributed by atoms with Crippen molar-refractivity contribution in [3.63, 3.8) is 0 Å². The first kappa shape index (κ1) is 15.6. The Balaban J connectivity index is 1.76. The van der Waals surface area contributed by atoms with E-state index in [0.29, 0.717) is 12.4 Å². The van der Waals surface area contributed by atoms with E-state index in [1.54, 1.807) is 14.2 Å². The van der Waals surface area contributed by atoms with Crippen LogP contribution in [-0.4, -0.2) is 27.6 Å². The van der Waals surface area contributed by atoms with Crippen LogP contribution < -0.4 is 14.2 Å². The first-order chi connectivity index (χ1) is 12.3. The quantitative estimate of drug-likeness (QED) is 0.686. The molecule has 1 aromatic heterocycles. The number of hydrogen-bond donors (Lipinski definition) is 0.